The van der Waals surface area contributed by atoms with Gasteiger partial charge in [-0.05, 0) is 91.0 Å². The summed E-state index contributed by atoms with van der Waals surface area (Å²) in [5.74, 6) is 0.489. The van der Waals surface area contributed by atoms with E-state index in [1.807, 2.05) is 0 Å². The lowest BCUT2D eigenvalue weighted by atomic mass is 9.87. The molecule has 0 saturated heterocycles. The summed E-state index contributed by atoms with van der Waals surface area (Å²) >= 11 is 0. The second-order valence-electron chi connectivity index (χ2n) is 10.0. The van der Waals surface area contributed by atoms with Crippen molar-refractivity contribution in [1.29, 1.82) is 0 Å². The maximum atomic E-state index is 2.42. The molecule has 0 aliphatic carbocycles. The van der Waals surface area contributed by atoms with Gasteiger partial charge in [0.2, 0.25) is 0 Å². The molecular formula is C35H27N. The van der Waals surface area contributed by atoms with Crippen molar-refractivity contribution in [3.05, 3.63) is 127 Å². The summed E-state index contributed by atoms with van der Waals surface area (Å²) in [7, 11) is 0. The van der Waals surface area contributed by atoms with Crippen molar-refractivity contribution in [2.24, 2.45) is 0 Å². The second-order valence-corrected chi connectivity index (χ2v) is 10.0. The lowest BCUT2D eigenvalue weighted by Crippen LogP contribution is -2.09. The molecule has 7 aromatic carbocycles. The molecule has 1 heteroatoms. The van der Waals surface area contributed by atoms with E-state index in [2.05, 4.69) is 140 Å². The average Bonchev–Trinajstić information content (AvgIpc) is 2.92. The number of nitrogens with zero attached hydrogens (tertiary/aromatic N) is 1. The van der Waals surface area contributed by atoms with E-state index in [0.717, 1.165) is 11.4 Å². The Kier molecular flexibility index (Phi) is 4.72. The van der Waals surface area contributed by atoms with E-state index in [4.69, 9.17) is 0 Å². The number of benzene rings is 7. The summed E-state index contributed by atoms with van der Waals surface area (Å²) < 4.78 is 0. The summed E-state index contributed by atoms with van der Waals surface area (Å²) in [6.45, 7) is 4.56. The average molecular weight is 462 g/mol. The fourth-order valence-corrected chi connectivity index (χ4v) is 5.80. The van der Waals surface area contributed by atoms with Crippen LogP contribution in [0.15, 0.2) is 121 Å². The van der Waals surface area contributed by atoms with E-state index < -0.39 is 0 Å². The third-order valence-electron chi connectivity index (χ3n) is 7.49. The van der Waals surface area contributed by atoms with E-state index in [9.17, 15) is 0 Å². The number of fused-ring (bicyclic) bond motifs is 2. The van der Waals surface area contributed by atoms with E-state index >= 15 is 0 Å². The smallest absolute Gasteiger partial charge is 0.0474 e. The molecule has 36 heavy (non-hydrogen) atoms. The van der Waals surface area contributed by atoms with E-state index in [-0.39, 0.29) is 0 Å². The molecule has 7 rings (SSSR count). The second kappa shape index (κ2) is 8.10. The largest absolute Gasteiger partial charge is 0.310 e. The highest BCUT2D eigenvalue weighted by Crippen LogP contribution is 2.45. The summed E-state index contributed by atoms with van der Waals surface area (Å²) in [5, 5.41) is 10.6. The third kappa shape index (κ3) is 3.17. The highest BCUT2D eigenvalue weighted by molar-refractivity contribution is 6.33. The van der Waals surface area contributed by atoms with Gasteiger partial charge in [-0.1, -0.05) is 98.8 Å². The predicted octanol–water partition coefficient (Wildman–Crippen LogP) is 10.3. The first-order valence-corrected chi connectivity index (χ1v) is 12.7. The Balaban J connectivity index is 1.61. The number of hydrogen-bond donors (Lipinski definition) is 0. The van der Waals surface area contributed by atoms with Crippen LogP contribution in [0.1, 0.15) is 25.3 Å². The number of rotatable bonds is 4. The van der Waals surface area contributed by atoms with Crippen molar-refractivity contribution in [2.45, 2.75) is 19.8 Å². The van der Waals surface area contributed by atoms with Crippen LogP contribution < -0.4 is 4.90 Å². The van der Waals surface area contributed by atoms with Gasteiger partial charge in [0.15, 0.2) is 0 Å². The molecule has 0 aliphatic heterocycles. The molecule has 0 bridgehead atoms. The van der Waals surface area contributed by atoms with Crippen LogP contribution in [-0.2, 0) is 0 Å². The van der Waals surface area contributed by atoms with Gasteiger partial charge in [0, 0.05) is 17.1 Å². The lowest BCUT2D eigenvalue weighted by molar-refractivity contribution is 0.870. The fourth-order valence-electron chi connectivity index (χ4n) is 5.80. The van der Waals surface area contributed by atoms with Crippen LogP contribution >= 0.6 is 0 Å². The van der Waals surface area contributed by atoms with Crippen LogP contribution in [0, 0.1) is 0 Å². The van der Waals surface area contributed by atoms with E-state index in [0.29, 0.717) is 5.92 Å². The van der Waals surface area contributed by atoms with Crippen LogP contribution in [0.4, 0.5) is 17.1 Å². The molecule has 1 nitrogen and oxygen atoms in total. The first-order chi connectivity index (χ1) is 17.7. The minimum Gasteiger partial charge on any atom is -0.310 e. The Bertz CT molecular complexity index is 1810. The standard InChI is InChI=1S/C35H27N/c1-23(2)26-19-24-11-9-18-31-33-22-29(20-25-12-10-17-30(35(25)33)32(21-26)34(24)31)36(27-13-5-3-6-14-27)28-15-7-4-8-16-28/h3-23H,1-2H3. The minimum atomic E-state index is 0.489. The van der Waals surface area contributed by atoms with Crippen LogP contribution in [-0.4, -0.2) is 0 Å². The van der Waals surface area contributed by atoms with Crippen molar-refractivity contribution >= 4 is 60.2 Å². The molecule has 0 N–H and O–H groups in total. The SMILES string of the molecule is CC(C)c1cc2cccc3c4cc(N(c5ccccc5)c5ccccc5)cc5cccc(c(c1)c23)c54. The van der Waals surface area contributed by atoms with E-state index in [1.165, 1.54) is 54.3 Å². The van der Waals surface area contributed by atoms with Crippen molar-refractivity contribution in [2.75, 3.05) is 4.90 Å². The topological polar surface area (TPSA) is 3.24 Å². The summed E-state index contributed by atoms with van der Waals surface area (Å²) in [6.07, 6.45) is 0. The highest BCUT2D eigenvalue weighted by atomic mass is 15.1. The molecule has 7 aromatic rings. The van der Waals surface area contributed by atoms with E-state index in [1.54, 1.807) is 0 Å². The highest BCUT2D eigenvalue weighted by Gasteiger charge is 2.18. The predicted molar refractivity (Wildman–Crippen MR) is 156 cm³/mol. The third-order valence-corrected chi connectivity index (χ3v) is 7.49. The molecule has 0 fully saturated rings. The van der Waals surface area contributed by atoms with Crippen LogP contribution in [0.2, 0.25) is 0 Å². The van der Waals surface area contributed by atoms with Crippen LogP contribution in [0.3, 0.4) is 0 Å². The Hall–Kier alpha value is -4.36. The first-order valence-electron chi connectivity index (χ1n) is 12.7. The van der Waals surface area contributed by atoms with Gasteiger partial charge in [-0.3, -0.25) is 0 Å². The molecule has 0 amide bonds. The van der Waals surface area contributed by atoms with Crippen molar-refractivity contribution in [3.8, 4) is 0 Å². The first kappa shape index (κ1) is 21.0. The van der Waals surface area contributed by atoms with Gasteiger partial charge in [-0.25, -0.2) is 0 Å². The van der Waals surface area contributed by atoms with Gasteiger partial charge in [0.05, 0.1) is 0 Å². The quantitative estimate of drug-likeness (QED) is 0.186. The Morgan fingerprint density at radius 2 is 0.972 bits per heavy atom. The van der Waals surface area contributed by atoms with Gasteiger partial charge in [-0.15, -0.1) is 0 Å². The number of hydrogen-bond acceptors (Lipinski definition) is 1. The Labute approximate surface area is 211 Å². The molecule has 172 valence electrons. The van der Waals surface area contributed by atoms with Gasteiger partial charge >= 0.3 is 0 Å². The van der Waals surface area contributed by atoms with Gasteiger partial charge in [-0.2, -0.15) is 0 Å². The Morgan fingerprint density at radius 1 is 0.444 bits per heavy atom. The minimum absolute atomic E-state index is 0.489. The monoisotopic (exact) mass is 461 g/mol. The van der Waals surface area contributed by atoms with Gasteiger partial charge < -0.3 is 4.90 Å². The maximum absolute atomic E-state index is 2.42. The van der Waals surface area contributed by atoms with Crippen LogP contribution in [0.5, 0.6) is 0 Å². The van der Waals surface area contributed by atoms with Gasteiger partial charge in [0.1, 0.15) is 0 Å². The summed E-state index contributed by atoms with van der Waals surface area (Å²) in [5.41, 5.74) is 4.88. The molecule has 0 aromatic heterocycles. The maximum Gasteiger partial charge on any atom is 0.0474 e. The molecule has 0 spiro atoms. The molecule has 0 atom stereocenters. The zero-order valence-electron chi connectivity index (χ0n) is 20.6. The zero-order chi connectivity index (χ0) is 24.2. The molecular weight excluding hydrogens is 434 g/mol. The summed E-state index contributed by atoms with van der Waals surface area (Å²) in [4.78, 5) is 2.36. The lowest BCUT2D eigenvalue weighted by Gasteiger charge is -2.27. The normalized spacial score (nSPS) is 11.9. The van der Waals surface area contributed by atoms with Crippen molar-refractivity contribution in [3.63, 3.8) is 0 Å². The number of para-hydroxylation sites is 2. The molecule has 0 saturated carbocycles. The summed E-state index contributed by atoms with van der Waals surface area (Å²) in [6, 6.07) is 44.4. The van der Waals surface area contributed by atoms with Crippen molar-refractivity contribution in [1.82, 2.24) is 0 Å². The molecule has 0 radical (unpaired) electrons. The van der Waals surface area contributed by atoms with Crippen LogP contribution in [0.25, 0.3) is 43.1 Å². The Morgan fingerprint density at radius 3 is 1.53 bits per heavy atom. The molecule has 0 aliphatic rings. The fraction of sp³-hybridized carbons (Fsp3) is 0.0857. The zero-order valence-corrected chi connectivity index (χ0v) is 20.6. The van der Waals surface area contributed by atoms with Crippen molar-refractivity contribution < 1.29 is 0 Å². The number of anilines is 3. The molecule has 0 heterocycles. The van der Waals surface area contributed by atoms with Gasteiger partial charge in [0.25, 0.3) is 0 Å². The molecule has 0 unspecified atom stereocenters.